The maximum Gasteiger partial charge on any atom is 0.230 e. The molecule has 0 spiro atoms. The predicted molar refractivity (Wildman–Crippen MR) is 102 cm³/mol. The summed E-state index contributed by atoms with van der Waals surface area (Å²) in [5.41, 5.74) is 3.25. The Bertz CT molecular complexity index is 848. The second-order valence-corrected chi connectivity index (χ2v) is 6.82. The average molecular weight is 367 g/mol. The second-order valence-electron chi connectivity index (χ2n) is 5.88. The molecule has 0 aliphatic heterocycles. The lowest BCUT2D eigenvalue weighted by molar-refractivity contribution is -0.119. The van der Waals surface area contributed by atoms with Gasteiger partial charge in [-0.25, -0.2) is 0 Å². The molecular formula is C19H21N5OS. The molecule has 0 bridgehead atoms. The summed E-state index contributed by atoms with van der Waals surface area (Å²) in [5, 5.41) is 15.3. The van der Waals surface area contributed by atoms with Crippen LogP contribution in [0.15, 0.2) is 59.8 Å². The maximum atomic E-state index is 12.3. The monoisotopic (exact) mass is 367 g/mol. The zero-order valence-electron chi connectivity index (χ0n) is 14.8. The van der Waals surface area contributed by atoms with Crippen LogP contribution in [0.25, 0.3) is 5.69 Å². The third-order valence-corrected chi connectivity index (χ3v) is 4.96. The molecule has 0 unspecified atom stereocenters. The number of aromatic nitrogens is 4. The topological polar surface area (TPSA) is 72.7 Å². The van der Waals surface area contributed by atoms with Crippen LogP contribution >= 0.6 is 11.8 Å². The van der Waals surface area contributed by atoms with Gasteiger partial charge in [0.2, 0.25) is 11.1 Å². The molecular weight excluding hydrogens is 346 g/mol. The van der Waals surface area contributed by atoms with Crippen molar-refractivity contribution in [2.24, 2.45) is 0 Å². The number of tetrazole rings is 1. The van der Waals surface area contributed by atoms with Crippen molar-refractivity contribution in [3.05, 3.63) is 65.7 Å². The standard InChI is InChI=1S/C19H21N5OS/c1-3-15-9-11-16(12-10-15)14(2)20-18(25)13-26-19-21-22-23-24(19)17-7-5-4-6-8-17/h4-12,14H,3,13H2,1-2H3,(H,20,25)/t14-/m1/s1. The molecule has 1 atom stereocenters. The molecule has 26 heavy (non-hydrogen) atoms. The number of para-hydroxylation sites is 1. The van der Waals surface area contributed by atoms with Gasteiger partial charge < -0.3 is 5.32 Å². The minimum Gasteiger partial charge on any atom is -0.349 e. The van der Waals surface area contributed by atoms with E-state index in [4.69, 9.17) is 0 Å². The Labute approximate surface area is 157 Å². The Balaban J connectivity index is 1.57. The number of hydrogen-bond acceptors (Lipinski definition) is 5. The summed E-state index contributed by atoms with van der Waals surface area (Å²) < 4.78 is 1.63. The first-order chi connectivity index (χ1) is 12.7. The largest absolute Gasteiger partial charge is 0.349 e. The van der Waals surface area contributed by atoms with Crippen molar-refractivity contribution in [2.75, 3.05) is 5.75 Å². The van der Waals surface area contributed by atoms with Crippen molar-refractivity contribution >= 4 is 17.7 Å². The molecule has 3 rings (SSSR count). The number of amides is 1. The van der Waals surface area contributed by atoms with Crippen LogP contribution in [0, 0.1) is 0 Å². The summed E-state index contributed by atoms with van der Waals surface area (Å²) >= 11 is 1.31. The molecule has 0 aliphatic carbocycles. The van der Waals surface area contributed by atoms with Gasteiger partial charge in [0.05, 0.1) is 17.5 Å². The number of benzene rings is 2. The van der Waals surface area contributed by atoms with Crippen molar-refractivity contribution in [3.63, 3.8) is 0 Å². The van der Waals surface area contributed by atoms with Gasteiger partial charge in [0, 0.05) is 0 Å². The number of carbonyl (C=O) groups excluding carboxylic acids is 1. The van der Waals surface area contributed by atoms with Crippen molar-refractivity contribution < 1.29 is 4.79 Å². The van der Waals surface area contributed by atoms with Gasteiger partial charge in [-0.05, 0) is 47.0 Å². The number of hydrogen-bond donors (Lipinski definition) is 1. The summed E-state index contributed by atoms with van der Waals surface area (Å²) in [6, 6.07) is 17.9. The van der Waals surface area contributed by atoms with Gasteiger partial charge in [-0.1, -0.05) is 61.2 Å². The van der Waals surface area contributed by atoms with Crippen LogP contribution in [-0.2, 0) is 11.2 Å². The van der Waals surface area contributed by atoms with Crippen LogP contribution in [0.5, 0.6) is 0 Å². The first kappa shape index (κ1) is 18.1. The molecule has 1 heterocycles. The minimum atomic E-state index is -0.0512. The van der Waals surface area contributed by atoms with Crippen LogP contribution in [0.2, 0.25) is 0 Å². The summed E-state index contributed by atoms with van der Waals surface area (Å²) in [7, 11) is 0. The van der Waals surface area contributed by atoms with Gasteiger partial charge in [0.25, 0.3) is 0 Å². The number of nitrogens with one attached hydrogen (secondary N) is 1. The van der Waals surface area contributed by atoms with E-state index in [1.54, 1.807) is 4.68 Å². The van der Waals surface area contributed by atoms with Crippen LogP contribution in [0.1, 0.15) is 31.0 Å². The van der Waals surface area contributed by atoms with E-state index in [1.807, 2.05) is 37.3 Å². The quantitative estimate of drug-likeness (QED) is 0.649. The minimum absolute atomic E-state index is 0.0425. The van der Waals surface area contributed by atoms with Crippen molar-refractivity contribution in [1.29, 1.82) is 0 Å². The molecule has 0 aliphatic rings. The fraction of sp³-hybridized carbons (Fsp3) is 0.263. The Morgan fingerprint density at radius 1 is 1.15 bits per heavy atom. The first-order valence-electron chi connectivity index (χ1n) is 8.52. The third-order valence-electron chi connectivity index (χ3n) is 4.04. The van der Waals surface area contributed by atoms with Gasteiger partial charge in [0.15, 0.2) is 0 Å². The van der Waals surface area contributed by atoms with Gasteiger partial charge in [-0.3, -0.25) is 4.79 Å². The molecule has 0 saturated carbocycles. The lowest BCUT2D eigenvalue weighted by atomic mass is 10.1. The smallest absolute Gasteiger partial charge is 0.230 e. The van der Waals surface area contributed by atoms with Crippen LogP contribution in [0.3, 0.4) is 0 Å². The molecule has 134 valence electrons. The number of aryl methyl sites for hydroxylation is 1. The number of thioether (sulfide) groups is 1. The Morgan fingerprint density at radius 2 is 1.88 bits per heavy atom. The number of nitrogens with zero attached hydrogens (tertiary/aromatic N) is 4. The van der Waals surface area contributed by atoms with E-state index in [2.05, 4.69) is 52.0 Å². The van der Waals surface area contributed by atoms with Crippen molar-refractivity contribution in [1.82, 2.24) is 25.5 Å². The van der Waals surface area contributed by atoms with E-state index in [0.717, 1.165) is 17.7 Å². The fourth-order valence-electron chi connectivity index (χ4n) is 2.54. The molecule has 3 aromatic rings. The third kappa shape index (κ3) is 4.49. The van der Waals surface area contributed by atoms with Gasteiger partial charge in [-0.2, -0.15) is 4.68 Å². The van der Waals surface area contributed by atoms with Crippen molar-refractivity contribution in [2.45, 2.75) is 31.5 Å². The van der Waals surface area contributed by atoms with Gasteiger partial charge >= 0.3 is 0 Å². The highest BCUT2D eigenvalue weighted by atomic mass is 32.2. The molecule has 2 aromatic carbocycles. The van der Waals surface area contributed by atoms with Crippen LogP contribution in [0.4, 0.5) is 0 Å². The number of rotatable bonds is 7. The highest BCUT2D eigenvalue weighted by Crippen LogP contribution is 2.19. The van der Waals surface area contributed by atoms with E-state index in [-0.39, 0.29) is 17.7 Å². The lowest BCUT2D eigenvalue weighted by Crippen LogP contribution is -2.28. The molecule has 1 aromatic heterocycles. The van der Waals surface area contributed by atoms with Crippen molar-refractivity contribution in [3.8, 4) is 5.69 Å². The highest BCUT2D eigenvalue weighted by Gasteiger charge is 2.13. The molecule has 1 N–H and O–H groups in total. The second kappa shape index (κ2) is 8.62. The zero-order chi connectivity index (χ0) is 18.4. The van der Waals surface area contributed by atoms with Crippen LogP contribution in [-0.4, -0.2) is 31.9 Å². The fourth-order valence-corrected chi connectivity index (χ4v) is 3.24. The molecule has 0 saturated heterocycles. The normalized spacial score (nSPS) is 11.9. The highest BCUT2D eigenvalue weighted by molar-refractivity contribution is 7.99. The van der Waals surface area contributed by atoms with E-state index in [0.29, 0.717) is 5.16 Å². The predicted octanol–water partition coefficient (Wildman–Crippen LogP) is 3.19. The Hall–Kier alpha value is -2.67. The molecule has 0 fully saturated rings. The van der Waals surface area contributed by atoms with E-state index >= 15 is 0 Å². The maximum absolute atomic E-state index is 12.3. The molecule has 0 radical (unpaired) electrons. The van der Waals surface area contributed by atoms with E-state index in [1.165, 1.54) is 17.3 Å². The SMILES string of the molecule is CCc1ccc([C@@H](C)NC(=O)CSc2nnnn2-c2ccccc2)cc1. The summed E-state index contributed by atoms with van der Waals surface area (Å²) in [6.45, 7) is 4.11. The van der Waals surface area contributed by atoms with E-state index < -0.39 is 0 Å². The molecule has 7 heteroatoms. The lowest BCUT2D eigenvalue weighted by Gasteiger charge is -2.14. The number of carbonyl (C=O) groups is 1. The molecule has 6 nitrogen and oxygen atoms in total. The van der Waals surface area contributed by atoms with E-state index in [9.17, 15) is 4.79 Å². The van der Waals surface area contributed by atoms with Gasteiger partial charge in [0.1, 0.15) is 0 Å². The summed E-state index contributed by atoms with van der Waals surface area (Å²) in [4.78, 5) is 12.3. The zero-order valence-corrected chi connectivity index (χ0v) is 15.6. The Morgan fingerprint density at radius 3 is 2.58 bits per heavy atom. The van der Waals surface area contributed by atoms with Gasteiger partial charge in [-0.15, -0.1) is 5.10 Å². The summed E-state index contributed by atoms with van der Waals surface area (Å²) in [5.74, 6) is 0.203. The first-order valence-corrected chi connectivity index (χ1v) is 9.50. The summed E-state index contributed by atoms with van der Waals surface area (Å²) in [6.07, 6.45) is 1.01. The Kier molecular flexibility index (Phi) is 6.01. The van der Waals surface area contributed by atoms with Crippen LogP contribution < -0.4 is 5.32 Å². The average Bonchev–Trinajstić information content (AvgIpc) is 3.16. The molecule has 1 amide bonds.